The van der Waals surface area contributed by atoms with Gasteiger partial charge in [0.15, 0.2) is 0 Å². The molecule has 0 aromatic heterocycles. The SMILES string of the molecule is C=CC(=O)OCCCCCCOc1ccc(/C=C/C(=O)Oc2ccc(-c3ccc(OCCOC(=O)C(=C)CO)cc3)cc2)cc1. The van der Waals surface area contributed by atoms with E-state index in [2.05, 4.69) is 13.2 Å². The molecular formula is C36H38O9. The predicted octanol–water partition coefficient (Wildman–Crippen LogP) is 6.11. The fourth-order valence-electron chi connectivity index (χ4n) is 3.89. The summed E-state index contributed by atoms with van der Waals surface area (Å²) in [6.07, 6.45) is 7.87. The largest absolute Gasteiger partial charge is 0.494 e. The van der Waals surface area contributed by atoms with Crippen LogP contribution in [0.1, 0.15) is 31.2 Å². The Kier molecular flexibility index (Phi) is 14.6. The molecule has 0 saturated carbocycles. The molecule has 0 aliphatic rings. The number of esters is 3. The maximum Gasteiger partial charge on any atom is 0.336 e. The van der Waals surface area contributed by atoms with Crippen molar-refractivity contribution in [1.29, 1.82) is 0 Å². The molecule has 0 amide bonds. The second kappa shape index (κ2) is 19.2. The molecule has 0 spiro atoms. The van der Waals surface area contributed by atoms with Crippen LogP contribution in [0.25, 0.3) is 17.2 Å². The minimum atomic E-state index is -0.652. The normalized spacial score (nSPS) is 10.6. The molecule has 3 rings (SSSR count). The molecule has 3 aromatic rings. The fraction of sp³-hybridized carbons (Fsp3) is 0.250. The summed E-state index contributed by atoms with van der Waals surface area (Å²) in [6.45, 7) is 7.53. The van der Waals surface area contributed by atoms with Crippen molar-refractivity contribution in [2.45, 2.75) is 25.7 Å². The minimum absolute atomic E-state index is 0.00662. The standard InChI is InChI=1S/C36H38O9/c1-3-34(38)43-23-7-5-4-6-22-41-31-15-8-28(9-16-31)10-21-35(39)45-33-19-13-30(14-20-33)29-11-17-32(18-12-29)42-24-25-44-36(40)27(2)26-37/h3,8-21,37H,1-2,4-7,22-26H2/b21-10+. The van der Waals surface area contributed by atoms with Gasteiger partial charge in [-0.15, -0.1) is 0 Å². The first-order chi connectivity index (χ1) is 21.9. The molecule has 45 heavy (non-hydrogen) atoms. The highest BCUT2D eigenvalue weighted by Crippen LogP contribution is 2.25. The zero-order chi connectivity index (χ0) is 32.3. The van der Waals surface area contributed by atoms with Gasteiger partial charge >= 0.3 is 17.9 Å². The Labute approximate surface area is 263 Å². The molecule has 9 nitrogen and oxygen atoms in total. The van der Waals surface area contributed by atoms with Gasteiger partial charge in [-0.2, -0.15) is 0 Å². The molecule has 9 heteroatoms. The molecule has 0 aliphatic carbocycles. The number of carbonyl (C=O) groups is 3. The second-order valence-corrected chi connectivity index (χ2v) is 9.75. The summed E-state index contributed by atoms with van der Waals surface area (Å²) in [4.78, 5) is 34.8. The molecule has 236 valence electrons. The third kappa shape index (κ3) is 12.9. The van der Waals surface area contributed by atoms with E-state index < -0.39 is 24.5 Å². The predicted molar refractivity (Wildman–Crippen MR) is 171 cm³/mol. The molecule has 0 fully saturated rings. The molecular weight excluding hydrogens is 576 g/mol. The Bertz CT molecular complexity index is 1420. The Balaban J connectivity index is 1.35. The van der Waals surface area contributed by atoms with Crippen molar-refractivity contribution < 1.29 is 43.2 Å². The number of aliphatic hydroxyl groups is 1. The van der Waals surface area contributed by atoms with Crippen LogP contribution in [0.15, 0.2) is 104 Å². The monoisotopic (exact) mass is 614 g/mol. The van der Waals surface area contributed by atoms with Gasteiger partial charge in [0.05, 0.1) is 25.4 Å². The van der Waals surface area contributed by atoms with Crippen molar-refractivity contribution in [3.8, 4) is 28.4 Å². The molecule has 3 aromatic carbocycles. The van der Waals surface area contributed by atoms with Gasteiger partial charge in [0.1, 0.15) is 30.5 Å². The molecule has 0 atom stereocenters. The lowest BCUT2D eigenvalue weighted by molar-refractivity contribution is -0.140. The van der Waals surface area contributed by atoms with Crippen LogP contribution in [0.5, 0.6) is 17.2 Å². The van der Waals surface area contributed by atoms with Crippen LogP contribution >= 0.6 is 0 Å². The van der Waals surface area contributed by atoms with Crippen molar-refractivity contribution in [1.82, 2.24) is 0 Å². The average molecular weight is 615 g/mol. The Hall–Kier alpha value is -5.15. The van der Waals surface area contributed by atoms with Crippen molar-refractivity contribution in [3.05, 3.63) is 109 Å². The third-order valence-electron chi connectivity index (χ3n) is 6.34. The number of carbonyl (C=O) groups excluding carboxylic acids is 3. The van der Waals surface area contributed by atoms with Gasteiger partial charge in [0, 0.05) is 12.2 Å². The topological polar surface area (TPSA) is 118 Å². The number of hydrogen-bond donors (Lipinski definition) is 1. The molecule has 0 saturated heterocycles. The maximum atomic E-state index is 12.3. The van der Waals surface area contributed by atoms with Gasteiger partial charge in [-0.3, -0.25) is 0 Å². The Morgan fingerprint density at radius 3 is 1.80 bits per heavy atom. The summed E-state index contributed by atoms with van der Waals surface area (Å²) in [5.74, 6) is 0.256. The summed E-state index contributed by atoms with van der Waals surface area (Å²) >= 11 is 0. The number of unbranched alkanes of at least 4 members (excludes halogenated alkanes) is 3. The lowest BCUT2D eigenvalue weighted by Gasteiger charge is -2.09. The van der Waals surface area contributed by atoms with E-state index in [-0.39, 0.29) is 18.8 Å². The highest BCUT2D eigenvalue weighted by atomic mass is 16.6. The van der Waals surface area contributed by atoms with Crippen molar-refractivity contribution in [2.24, 2.45) is 0 Å². The lowest BCUT2D eigenvalue weighted by atomic mass is 10.1. The molecule has 0 bridgehead atoms. The fourth-order valence-corrected chi connectivity index (χ4v) is 3.89. The first-order valence-corrected chi connectivity index (χ1v) is 14.6. The Morgan fingerprint density at radius 2 is 1.20 bits per heavy atom. The second-order valence-electron chi connectivity index (χ2n) is 9.75. The minimum Gasteiger partial charge on any atom is -0.494 e. The van der Waals surface area contributed by atoms with E-state index in [1.807, 2.05) is 48.5 Å². The average Bonchev–Trinajstić information content (AvgIpc) is 3.07. The molecule has 0 heterocycles. The summed E-state index contributed by atoms with van der Waals surface area (Å²) in [7, 11) is 0. The molecule has 1 N–H and O–H groups in total. The van der Waals surface area contributed by atoms with E-state index in [0.29, 0.717) is 24.7 Å². The highest BCUT2D eigenvalue weighted by Gasteiger charge is 2.07. The van der Waals surface area contributed by atoms with Gasteiger partial charge < -0.3 is 28.8 Å². The van der Waals surface area contributed by atoms with Crippen LogP contribution in [0, 0.1) is 0 Å². The zero-order valence-electron chi connectivity index (χ0n) is 25.2. The summed E-state index contributed by atoms with van der Waals surface area (Å²) in [5.41, 5.74) is 2.71. The lowest BCUT2D eigenvalue weighted by Crippen LogP contribution is -2.14. The molecule has 0 aliphatic heterocycles. The Morgan fingerprint density at radius 1 is 0.644 bits per heavy atom. The number of hydrogen-bond acceptors (Lipinski definition) is 9. The van der Waals surface area contributed by atoms with Crippen LogP contribution in [0.3, 0.4) is 0 Å². The first-order valence-electron chi connectivity index (χ1n) is 14.6. The van der Waals surface area contributed by atoms with Gasteiger partial charge in [0.25, 0.3) is 0 Å². The number of benzene rings is 3. The summed E-state index contributed by atoms with van der Waals surface area (Å²) < 4.78 is 26.7. The quantitative estimate of drug-likeness (QED) is 0.0738. The number of ether oxygens (including phenoxy) is 5. The first kappa shape index (κ1) is 34.3. The van der Waals surface area contributed by atoms with Crippen molar-refractivity contribution in [3.63, 3.8) is 0 Å². The molecule has 0 unspecified atom stereocenters. The van der Waals surface area contributed by atoms with E-state index in [1.165, 1.54) is 6.08 Å². The van der Waals surface area contributed by atoms with Crippen LogP contribution < -0.4 is 14.2 Å². The van der Waals surface area contributed by atoms with Crippen LogP contribution in [-0.4, -0.2) is 56.0 Å². The maximum absolute atomic E-state index is 12.3. The smallest absolute Gasteiger partial charge is 0.336 e. The van der Waals surface area contributed by atoms with Gasteiger partial charge in [-0.05, 0) is 84.8 Å². The summed E-state index contributed by atoms with van der Waals surface area (Å²) in [5, 5.41) is 8.87. The van der Waals surface area contributed by atoms with E-state index in [0.717, 1.165) is 54.2 Å². The third-order valence-corrected chi connectivity index (χ3v) is 6.34. The van der Waals surface area contributed by atoms with E-state index in [1.54, 1.807) is 30.3 Å². The van der Waals surface area contributed by atoms with Crippen LogP contribution in [0.2, 0.25) is 0 Å². The van der Waals surface area contributed by atoms with Crippen molar-refractivity contribution >= 4 is 24.0 Å². The van der Waals surface area contributed by atoms with Gasteiger partial charge in [-0.1, -0.05) is 49.6 Å². The highest BCUT2D eigenvalue weighted by molar-refractivity contribution is 5.89. The van der Waals surface area contributed by atoms with Crippen LogP contribution in [-0.2, 0) is 23.9 Å². The van der Waals surface area contributed by atoms with Gasteiger partial charge in [0.2, 0.25) is 0 Å². The zero-order valence-corrected chi connectivity index (χ0v) is 25.2. The van der Waals surface area contributed by atoms with Crippen LogP contribution in [0.4, 0.5) is 0 Å². The van der Waals surface area contributed by atoms with E-state index in [9.17, 15) is 14.4 Å². The number of aliphatic hydroxyl groups excluding tert-OH is 1. The van der Waals surface area contributed by atoms with E-state index in [4.69, 9.17) is 28.8 Å². The number of rotatable bonds is 19. The van der Waals surface area contributed by atoms with E-state index >= 15 is 0 Å². The van der Waals surface area contributed by atoms with Gasteiger partial charge in [-0.25, -0.2) is 14.4 Å². The molecule has 0 radical (unpaired) electrons. The summed E-state index contributed by atoms with van der Waals surface area (Å²) in [6, 6.07) is 22.0. The van der Waals surface area contributed by atoms with Crippen molar-refractivity contribution in [2.75, 3.05) is 33.0 Å².